The van der Waals surface area contributed by atoms with E-state index in [4.69, 9.17) is 15.2 Å². The molecular weight excluding hydrogens is 269 g/mol. The first-order valence-corrected chi connectivity index (χ1v) is 7.12. The smallest absolute Gasteiger partial charge is 0.143 e. The van der Waals surface area contributed by atoms with Crippen LogP contribution in [0.3, 0.4) is 0 Å². The summed E-state index contributed by atoms with van der Waals surface area (Å²) in [6.07, 6.45) is 1.86. The van der Waals surface area contributed by atoms with Crippen molar-refractivity contribution >= 4 is 5.69 Å². The summed E-state index contributed by atoms with van der Waals surface area (Å²) in [6.45, 7) is 1.43. The Morgan fingerprint density at radius 2 is 1.81 bits per heavy atom. The van der Waals surface area contributed by atoms with Gasteiger partial charge < -0.3 is 15.2 Å². The van der Waals surface area contributed by atoms with E-state index in [-0.39, 0.29) is 11.9 Å². The van der Waals surface area contributed by atoms with Gasteiger partial charge in [-0.25, -0.2) is 4.39 Å². The van der Waals surface area contributed by atoms with E-state index in [2.05, 4.69) is 0 Å². The van der Waals surface area contributed by atoms with Gasteiger partial charge in [0.05, 0.1) is 18.9 Å². The maximum atomic E-state index is 13.3. The molecule has 21 heavy (non-hydrogen) atoms. The molecule has 1 saturated heterocycles. The molecule has 0 spiro atoms. The summed E-state index contributed by atoms with van der Waals surface area (Å²) in [6, 6.07) is 12.0. The van der Waals surface area contributed by atoms with E-state index in [1.165, 1.54) is 12.1 Å². The van der Waals surface area contributed by atoms with Crippen molar-refractivity contribution in [3.63, 3.8) is 0 Å². The normalized spacial score (nSPS) is 15.9. The largest absolute Gasteiger partial charge is 0.488 e. The molecule has 1 aliphatic heterocycles. The highest BCUT2D eigenvalue weighted by Gasteiger charge is 2.16. The number of benzene rings is 2. The van der Waals surface area contributed by atoms with E-state index in [1.54, 1.807) is 12.1 Å². The average Bonchev–Trinajstić information content (AvgIpc) is 2.50. The highest BCUT2D eigenvalue weighted by molar-refractivity contribution is 5.69. The maximum absolute atomic E-state index is 13.3. The van der Waals surface area contributed by atoms with Crippen molar-refractivity contribution in [1.29, 1.82) is 0 Å². The molecule has 0 radical (unpaired) electrons. The summed E-state index contributed by atoms with van der Waals surface area (Å²) in [5.74, 6) is 0.403. The fourth-order valence-corrected chi connectivity index (χ4v) is 2.46. The van der Waals surface area contributed by atoms with Gasteiger partial charge >= 0.3 is 0 Å². The summed E-state index contributed by atoms with van der Waals surface area (Å²) in [7, 11) is 0. The molecule has 1 aliphatic rings. The Kier molecular flexibility index (Phi) is 4.06. The van der Waals surface area contributed by atoms with Gasteiger partial charge in [-0.1, -0.05) is 18.2 Å². The fraction of sp³-hybridized carbons (Fsp3) is 0.294. The molecule has 110 valence electrons. The first kappa shape index (κ1) is 13.9. The molecule has 2 aromatic carbocycles. The molecule has 4 heteroatoms. The van der Waals surface area contributed by atoms with Gasteiger partial charge in [-0.15, -0.1) is 0 Å². The third kappa shape index (κ3) is 3.34. The van der Waals surface area contributed by atoms with Gasteiger partial charge in [0.1, 0.15) is 17.7 Å². The SMILES string of the molecule is Nc1ccc(-c2cccc(F)c2)cc1OC1CCOCC1. The molecule has 0 atom stereocenters. The highest BCUT2D eigenvalue weighted by Crippen LogP contribution is 2.31. The van der Waals surface area contributed by atoms with Crippen molar-refractivity contribution in [2.75, 3.05) is 18.9 Å². The van der Waals surface area contributed by atoms with Crippen LogP contribution in [-0.4, -0.2) is 19.3 Å². The van der Waals surface area contributed by atoms with Crippen LogP contribution in [0.5, 0.6) is 5.75 Å². The van der Waals surface area contributed by atoms with E-state index in [9.17, 15) is 4.39 Å². The van der Waals surface area contributed by atoms with Crippen LogP contribution in [0.15, 0.2) is 42.5 Å². The van der Waals surface area contributed by atoms with E-state index >= 15 is 0 Å². The standard InChI is InChI=1S/C17H18FNO2/c18-14-3-1-2-12(10-14)13-4-5-16(19)17(11-13)21-15-6-8-20-9-7-15/h1-5,10-11,15H,6-9,19H2. The van der Waals surface area contributed by atoms with Gasteiger partial charge in [0.2, 0.25) is 0 Å². The number of nitrogen functional groups attached to an aromatic ring is 1. The van der Waals surface area contributed by atoms with Crippen LogP contribution >= 0.6 is 0 Å². The minimum Gasteiger partial charge on any atom is -0.488 e. The zero-order valence-electron chi connectivity index (χ0n) is 11.7. The van der Waals surface area contributed by atoms with E-state index in [0.717, 1.165) is 24.0 Å². The van der Waals surface area contributed by atoms with E-state index in [0.29, 0.717) is 24.7 Å². The number of anilines is 1. The number of halogens is 1. The summed E-state index contributed by atoms with van der Waals surface area (Å²) in [5.41, 5.74) is 8.29. The Morgan fingerprint density at radius 1 is 1.05 bits per heavy atom. The van der Waals surface area contributed by atoms with Crippen molar-refractivity contribution < 1.29 is 13.9 Å². The van der Waals surface area contributed by atoms with E-state index < -0.39 is 0 Å². The summed E-state index contributed by atoms with van der Waals surface area (Å²) in [4.78, 5) is 0. The molecule has 2 N–H and O–H groups in total. The second-order valence-electron chi connectivity index (χ2n) is 5.19. The van der Waals surface area contributed by atoms with Crippen LogP contribution in [0.1, 0.15) is 12.8 Å². The number of nitrogens with two attached hydrogens (primary N) is 1. The number of hydrogen-bond acceptors (Lipinski definition) is 3. The van der Waals surface area contributed by atoms with E-state index in [1.807, 2.05) is 18.2 Å². The third-order valence-electron chi connectivity index (χ3n) is 3.63. The molecule has 0 saturated carbocycles. The van der Waals surface area contributed by atoms with Gasteiger partial charge in [-0.3, -0.25) is 0 Å². The molecule has 2 aromatic rings. The molecule has 1 heterocycles. The molecule has 0 bridgehead atoms. The van der Waals surface area contributed by atoms with Crippen molar-refractivity contribution in [1.82, 2.24) is 0 Å². The van der Waals surface area contributed by atoms with Crippen LogP contribution in [0.4, 0.5) is 10.1 Å². The molecule has 0 aliphatic carbocycles. The van der Waals surface area contributed by atoms with Crippen LogP contribution in [-0.2, 0) is 4.74 Å². The van der Waals surface area contributed by atoms with Gasteiger partial charge in [-0.2, -0.15) is 0 Å². The predicted molar refractivity (Wildman–Crippen MR) is 80.7 cm³/mol. The Bertz CT molecular complexity index is 624. The van der Waals surface area contributed by atoms with Gasteiger partial charge in [0, 0.05) is 12.8 Å². The quantitative estimate of drug-likeness (QED) is 0.877. The Morgan fingerprint density at radius 3 is 2.57 bits per heavy atom. The molecule has 3 rings (SSSR count). The Hall–Kier alpha value is -2.07. The average molecular weight is 287 g/mol. The van der Waals surface area contributed by atoms with Crippen molar-refractivity contribution in [3.8, 4) is 16.9 Å². The summed E-state index contributed by atoms with van der Waals surface area (Å²) >= 11 is 0. The van der Waals surface area contributed by atoms with Gasteiger partial charge in [0.15, 0.2) is 0 Å². The third-order valence-corrected chi connectivity index (χ3v) is 3.63. The Labute approximate surface area is 123 Å². The second-order valence-corrected chi connectivity index (χ2v) is 5.19. The van der Waals surface area contributed by atoms with Crippen molar-refractivity contribution in [2.24, 2.45) is 0 Å². The number of ether oxygens (including phenoxy) is 2. The highest BCUT2D eigenvalue weighted by atomic mass is 19.1. The molecule has 1 fully saturated rings. The van der Waals surface area contributed by atoms with Crippen LogP contribution in [0.25, 0.3) is 11.1 Å². The van der Waals surface area contributed by atoms with Crippen LogP contribution < -0.4 is 10.5 Å². The molecule has 0 aromatic heterocycles. The summed E-state index contributed by atoms with van der Waals surface area (Å²) < 4.78 is 24.6. The zero-order valence-corrected chi connectivity index (χ0v) is 11.7. The topological polar surface area (TPSA) is 44.5 Å². The molecule has 0 amide bonds. The lowest BCUT2D eigenvalue weighted by Gasteiger charge is -2.24. The molecule has 3 nitrogen and oxygen atoms in total. The first-order valence-electron chi connectivity index (χ1n) is 7.12. The van der Waals surface area contributed by atoms with Gasteiger partial charge in [0.25, 0.3) is 0 Å². The molecular formula is C17H18FNO2. The first-order chi connectivity index (χ1) is 10.2. The summed E-state index contributed by atoms with van der Waals surface area (Å²) in [5, 5.41) is 0. The molecule has 0 unspecified atom stereocenters. The minimum absolute atomic E-state index is 0.129. The van der Waals surface area contributed by atoms with Gasteiger partial charge in [-0.05, 0) is 35.4 Å². The maximum Gasteiger partial charge on any atom is 0.143 e. The lowest BCUT2D eigenvalue weighted by atomic mass is 10.0. The number of rotatable bonds is 3. The number of hydrogen-bond donors (Lipinski definition) is 1. The lowest BCUT2D eigenvalue weighted by Crippen LogP contribution is -2.26. The van der Waals surface area contributed by atoms with Crippen molar-refractivity contribution in [3.05, 3.63) is 48.3 Å². The van der Waals surface area contributed by atoms with Crippen molar-refractivity contribution in [2.45, 2.75) is 18.9 Å². The predicted octanol–water partition coefficient (Wildman–Crippen LogP) is 3.63. The minimum atomic E-state index is -0.253. The fourth-order valence-electron chi connectivity index (χ4n) is 2.46. The monoisotopic (exact) mass is 287 g/mol. The van der Waals surface area contributed by atoms with Crippen LogP contribution in [0.2, 0.25) is 0 Å². The second kappa shape index (κ2) is 6.14. The zero-order chi connectivity index (χ0) is 14.7. The Balaban J connectivity index is 1.85. The lowest BCUT2D eigenvalue weighted by molar-refractivity contribution is 0.0259. The van der Waals surface area contributed by atoms with Crippen LogP contribution in [0, 0.1) is 5.82 Å².